The molecule has 1 fully saturated rings. The van der Waals surface area contributed by atoms with E-state index in [1.807, 2.05) is 37.3 Å². The van der Waals surface area contributed by atoms with Gasteiger partial charge in [0.05, 0.1) is 25.3 Å². The molecule has 168 valence electrons. The van der Waals surface area contributed by atoms with E-state index in [9.17, 15) is 18.4 Å². The molecular weight excluding hydrogens is 420 g/mol. The summed E-state index contributed by atoms with van der Waals surface area (Å²) < 4.78 is 31.2. The highest BCUT2D eigenvalue weighted by Crippen LogP contribution is 2.33. The number of hydrogen-bond acceptors (Lipinski definition) is 5. The van der Waals surface area contributed by atoms with Crippen LogP contribution in [0, 0.1) is 0 Å². The summed E-state index contributed by atoms with van der Waals surface area (Å²) in [5.41, 5.74) is 1.13. The zero-order valence-corrected chi connectivity index (χ0v) is 17.5. The van der Waals surface area contributed by atoms with Gasteiger partial charge in [-0.05, 0) is 18.6 Å². The monoisotopic (exact) mass is 443 g/mol. The predicted molar refractivity (Wildman–Crippen MR) is 110 cm³/mol. The standard InChI is InChI=1S/C21H23F2N7O2/c1-2-28-9-8-17(26-28)20(32)30-14-21(22,23)10-16(30)12-29-13-18(25-27-29)19(31)24-11-15-6-4-3-5-7-15/h3-9,13,16H,2,10-12,14H2,1H3,(H,24,31)/t16-/m0/s1. The lowest BCUT2D eigenvalue weighted by atomic mass is 10.2. The molecule has 1 aliphatic rings. The Morgan fingerprint density at radius 2 is 1.94 bits per heavy atom. The molecular formula is C21H23F2N7O2. The Hall–Kier alpha value is -3.63. The molecule has 4 rings (SSSR count). The zero-order chi connectivity index (χ0) is 22.7. The molecule has 0 radical (unpaired) electrons. The van der Waals surface area contributed by atoms with E-state index in [-0.39, 0.29) is 17.9 Å². The summed E-state index contributed by atoms with van der Waals surface area (Å²) in [4.78, 5) is 26.3. The third kappa shape index (κ3) is 4.82. The maximum absolute atomic E-state index is 14.2. The lowest BCUT2D eigenvalue weighted by Gasteiger charge is -2.22. The number of nitrogens with one attached hydrogen (secondary N) is 1. The van der Waals surface area contributed by atoms with Crippen LogP contribution in [0.1, 0.15) is 39.9 Å². The van der Waals surface area contributed by atoms with E-state index in [4.69, 9.17) is 0 Å². The van der Waals surface area contributed by atoms with Gasteiger partial charge in [-0.2, -0.15) is 5.10 Å². The number of halogens is 2. The van der Waals surface area contributed by atoms with Crippen LogP contribution in [0.5, 0.6) is 0 Å². The molecule has 1 atom stereocenters. The molecule has 0 aliphatic carbocycles. The number of amides is 2. The van der Waals surface area contributed by atoms with Gasteiger partial charge in [0.25, 0.3) is 17.7 Å². The predicted octanol–water partition coefficient (Wildman–Crippen LogP) is 1.97. The largest absolute Gasteiger partial charge is 0.347 e. The molecule has 1 aliphatic heterocycles. The van der Waals surface area contributed by atoms with Crippen molar-refractivity contribution in [3.05, 3.63) is 65.7 Å². The van der Waals surface area contributed by atoms with Gasteiger partial charge < -0.3 is 10.2 Å². The molecule has 11 heteroatoms. The van der Waals surface area contributed by atoms with Crippen molar-refractivity contribution < 1.29 is 18.4 Å². The van der Waals surface area contributed by atoms with Crippen molar-refractivity contribution in [3.8, 4) is 0 Å². The van der Waals surface area contributed by atoms with Crippen LogP contribution >= 0.6 is 0 Å². The number of aryl methyl sites for hydroxylation is 1. The second-order valence-corrected chi connectivity index (χ2v) is 7.70. The summed E-state index contributed by atoms with van der Waals surface area (Å²) in [6.07, 6.45) is 2.53. The molecule has 0 spiro atoms. The molecule has 2 aromatic heterocycles. The van der Waals surface area contributed by atoms with Gasteiger partial charge in [-0.25, -0.2) is 13.5 Å². The first-order valence-electron chi connectivity index (χ1n) is 10.3. The summed E-state index contributed by atoms with van der Waals surface area (Å²) in [7, 11) is 0. The van der Waals surface area contributed by atoms with E-state index in [0.717, 1.165) is 10.5 Å². The maximum Gasteiger partial charge on any atom is 0.274 e. The first kappa shape index (κ1) is 21.6. The smallest absolute Gasteiger partial charge is 0.274 e. The minimum Gasteiger partial charge on any atom is -0.347 e. The number of benzene rings is 1. The average Bonchev–Trinajstić information content (AvgIpc) is 3.51. The van der Waals surface area contributed by atoms with E-state index >= 15 is 0 Å². The van der Waals surface area contributed by atoms with Crippen LogP contribution in [0.3, 0.4) is 0 Å². The zero-order valence-electron chi connectivity index (χ0n) is 17.5. The fourth-order valence-electron chi connectivity index (χ4n) is 3.67. The molecule has 0 saturated carbocycles. The molecule has 3 heterocycles. The molecule has 1 saturated heterocycles. The van der Waals surface area contributed by atoms with Gasteiger partial charge >= 0.3 is 0 Å². The minimum absolute atomic E-state index is 0.00518. The van der Waals surface area contributed by atoms with E-state index in [2.05, 4.69) is 20.7 Å². The number of likely N-dealkylation sites (tertiary alicyclic amines) is 1. The summed E-state index contributed by atoms with van der Waals surface area (Å²) in [5.74, 6) is -3.99. The van der Waals surface area contributed by atoms with E-state index in [1.165, 1.54) is 16.9 Å². The molecule has 2 amide bonds. The Bertz CT molecular complexity index is 1100. The fourth-order valence-corrected chi connectivity index (χ4v) is 3.67. The van der Waals surface area contributed by atoms with Gasteiger partial charge in [0.15, 0.2) is 5.69 Å². The Balaban J connectivity index is 1.42. The maximum atomic E-state index is 14.2. The topological polar surface area (TPSA) is 97.9 Å². The van der Waals surface area contributed by atoms with Gasteiger partial charge in [0.1, 0.15) is 5.69 Å². The van der Waals surface area contributed by atoms with Crippen molar-refractivity contribution >= 4 is 11.8 Å². The van der Waals surface area contributed by atoms with Gasteiger partial charge in [0, 0.05) is 25.7 Å². The van der Waals surface area contributed by atoms with Crippen LogP contribution < -0.4 is 5.32 Å². The Kier molecular flexibility index (Phi) is 5.97. The third-order valence-electron chi connectivity index (χ3n) is 5.29. The lowest BCUT2D eigenvalue weighted by molar-refractivity contribution is 0.0116. The van der Waals surface area contributed by atoms with E-state index in [0.29, 0.717) is 13.1 Å². The number of alkyl halides is 2. The van der Waals surface area contributed by atoms with E-state index in [1.54, 1.807) is 10.9 Å². The van der Waals surface area contributed by atoms with Crippen LogP contribution in [0.2, 0.25) is 0 Å². The molecule has 9 nitrogen and oxygen atoms in total. The Labute approximate surface area is 183 Å². The van der Waals surface area contributed by atoms with Gasteiger partial charge in [-0.1, -0.05) is 35.5 Å². The summed E-state index contributed by atoms with van der Waals surface area (Å²) in [6, 6.07) is 10.1. The molecule has 1 N–H and O–H groups in total. The van der Waals surface area contributed by atoms with Crippen molar-refractivity contribution in [2.45, 2.75) is 44.9 Å². The van der Waals surface area contributed by atoms with Crippen molar-refractivity contribution in [1.82, 2.24) is 35.0 Å². The highest BCUT2D eigenvalue weighted by atomic mass is 19.3. The van der Waals surface area contributed by atoms with Crippen LogP contribution in [0.4, 0.5) is 8.78 Å². The number of carbonyl (C=O) groups excluding carboxylic acids is 2. The Morgan fingerprint density at radius 3 is 2.66 bits per heavy atom. The average molecular weight is 443 g/mol. The number of hydrogen-bond donors (Lipinski definition) is 1. The van der Waals surface area contributed by atoms with E-state index < -0.39 is 36.7 Å². The highest BCUT2D eigenvalue weighted by Gasteiger charge is 2.47. The first-order chi connectivity index (χ1) is 15.3. The number of nitrogens with zero attached hydrogens (tertiary/aromatic N) is 6. The van der Waals surface area contributed by atoms with Crippen LogP contribution in [0.15, 0.2) is 48.8 Å². The molecule has 32 heavy (non-hydrogen) atoms. The summed E-state index contributed by atoms with van der Waals surface area (Å²) in [6.45, 7) is 2.07. The Morgan fingerprint density at radius 1 is 1.16 bits per heavy atom. The van der Waals surface area contributed by atoms with Gasteiger partial charge in [-0.15, -0.1) is 5.10 Å². The van der Waals surface area contributed by atoms with Crippen LogP contribution in [-0.2, 0) is 19.6 Å². The van der Waals surface area contributed by atoms with Crippen molar-refractivity contribution in [2.75, 3.05) is 6.54 Å². The van der Waals surface area contributed by atoms with Gasteiger partial charge in [0.2, 0.25) is 0 Å². The highest BCUT2D eigenvalue weighted by molar-refractivity contribution is 5.93. The second-order valence-electron chi connectivity index (χ2n) is 7.70. The van der Waals surface area contributed by atoms with Crippen LogP contribution in [-0.4, -0.2) is 60.0 Å². The lowest BCUT2D eigenvalue weighted by Crippen LogP contribution is -2.39. The normalized spacial score (nSPS) is 17.5. The molecule has 0 unspecified atom stereocenters. The number of rotatable bonds is 7. The summed E-state index contributed by atoms with van der Waals surface area (Å²) in [5, 5.41) is 14.6. The summed E-state index contributed by atoms with van der Waals surface area (Å²) >= 11 is 0. The SMILES string of the molecule is CCn1ccc(C(=O)N2CC(F)(F)C[C@H]2Cn2cc(C(=O)NCc3ccccc3)nn2)n1. The van der Waals surface area contributed by atoms with Crippen LogP contribution in [0.25, 0.3) is 0 Å². The van der Waals surface area contributed by atoms with Crippen molar-refractivity contribution in [1.29, 1.82) is 0 Å². The first-order valence-corrected chi connectivity index (χ1v) is 10.3. The van der Waals surface area contributed by atoms with Crippen molar-refractivity contribution in [2.24, 2.45) is 0 Å². The molecule has 1 aromatic carbocycles. The van der Waals surface area contributed by atoms with Crippen molar-refractivity contribution in [3.63, 3.8) is 0 Å². The minimum atomic E-state index is -3.01. The quantitative estimate of drug-likeness (QED) is 0.602. The molecule has 3 aromatic rings. The second kappa shape index (κ2) is 8.85. The third-order valence-corrected chi connectivity index (χ3v) is 5.29. The fraction of sp³-hybridized carbons (Fsp3) is 0.381. The number of carbonyl (C=O) groups is 2. The molecule has 0 bridgehead atoms. The number of aromatic nitrogens is 5. The van der Waals surface area contributed by atoms with Gasteiger partial charge in [-0.3, -0.25) is 14.3 Å².